The largest absolute Gasteiger partial charge is 0.480 e. The quantitative estimate of drug-likeness (QED) is 0.839. The van der Waals surface area contributed by atoms with Crippen LogP contribution in [0.5, 0.6) is 0 Å². The second kappa shape index (κ2) is 6.46. The minimum absolute atomic E-state index is 0.0387. The van der Waals surface area contributed by atoms with Gasteiger partial charge >= 0.3 is 5.97 Å². The molecule has 1 heterocycles. The number of carboxylic acids is 1. The average molecular weight is 361 g/mol. The zero-order valence-electron chi connectivity index (χ0n) is 12.4. The van der Waals surface area contributed by atoms with Gasteiger partial charge in [0.15, 0.2) is 0 Å². The van der Waals surface area contributed by atoms with Gasteiger partial charge in [0.05, 0.1) is 4.90 Å². The Balaban J connectivity index is 2.52. The second-order valence-electron chi connectivity index (χ2n) is 5.56. The number of nitrogens with zero attached hydrogens (tertiary/aromatic N) is 1. The molecule has 23 heavy (non-hydrogen) atoms. The van der Waals surface area contributed by atoms with E-state index in [1.165, 1.54) is 12.1 Å². The third-order valence-electron chi connectivity index (χ3n) is 3.90. The van der Waals surface area contributed by atoms with Crippen LogP contribution in [0.1, 0.15) is 30.1 Å². The zero-order chi connectivity index (χ0) is 17.4. The van der Waals surface area contributed by atoms with Crippen molar-refractivity contribution in [2.24, 2.45) is 11.7 Å². The van der Waals surface area contributed by atoms with E-state index < -0.39 is 27.9 Å². The third kappa shape index (κ3) is 3.49. The number of primary amides is 1. The van der Waals surface area contributed by atoms with Crippen molar-refractivity contribution in [2.45, 2.75) is 30.7 Å². The molecule has 0 saturated carbocycles. The number of sulfonamides is 1. The number of halogens is 1. The van der Waals surface area contributed by atoms with E-state index in [1.807, 2.05) is 0 Å². The van der Waals surface area contributed by atoms with Crippen molar-refractivity contribution in [3.63, 3.8) is 0 Å². The number of carboxylic acid groups (broad SMARTS) is 1. The Morgan fingerprint density at radius 3 is 2.57 bits per heavy atom. The molecule has 2 unspecified atom stereocenters. The topological polar surface area (TPSA) is 118 Å². The van der Waals surface area contributed by atoms with Crippen molar-refractivity contribution in [3.05, 3.63) is 28.8 Å². The van der Waals surface area contributed by atoms with E-state index in [0.29, 0.717) is 12.8 Å². The highest BCUT2D eigenvalue weighted by molar-refractivity contribution is 7.89. The van der Waals surface area contributed by atoms with Crippen molar-refractivity contribution in [2.75, 3.05) is 6.54 Å². The minimum Gasteiger partial charge on any atom is -0.480 e. The molecule has 1 amide bonds. The summed E-state index contributed by atoms with van der Waals surface area (Å²) < 4.78 is 26.6. The van der Waals surface area contributed by atoms with Gasteiger partial charge in [-0.1, -0.05) is 18.5 Å². The van der Waals surface area contributed by atoms with Crippen molar-refractivity contribution in [1.29, 1.82) is 0 Å². The van der Waals surface area contributed by atoms with Crippen LogP contribution in [0.15, 0.2) is 23.1 Å². The van der Waals surface area contributed by atoms with Gasteiger partial charge < -0.3 is 10.8 Å². The number of rotatable bonds is 4. The van der Waals surface area contributed by atoms with Crippen LogP contribution in [0.3, 0.4) is 0 Å². The highest BCUT2D eigenvalue weighted by Crippen LogP contribution is 2.30. The molecule has 126 valence electrons. The number of nitrogens with two attached hydrogens (primary N) is 1. The summed E-state index contributed by atoms with van der Waals surface area (Å²) >= 11 is 5.86. The Bertz CT molecular complexity index is 750. The number of benzene rings is 1. The summed E-state index contributed by atoms with van der Waals surface area (Å²) in [5.41, 5.74) is 5.12. The summed E-state index contributed by atoms with van der Waals surface area (Å²) in [4.78, 5) is 22.5. The standard InChI is InChI=1S/C14H17ClN2O5S/c1-8-3-2-4-17(12(8)14(19)20)23(21,22)11-6-9(13(16)18)5-10(15)7-11/h5-8,12H,2-4H2,1H3,(H2,16,18)(H,19,20). The molecule has 2 rings (SSSR count). The maximum Gasteiger partial charge on any atom is 0.322 e. The highest BCUT2D eigenvalue weighted by Gasteiger charge is 2.41. The third-order valence-corrected chi connectivity index (χ3v) is 5.98. The first-order valence-corrected chi connectivity index (χ1v) is 8.81. The summed E-state index contributed by atoms with van der Waals surface area (Å²) in [6, 6.07) is 2.41. The van der Waals surface area contributed by atoms with E-state index in [-0.39, 0.29) is 27.9 Å². The molecule has 1 aliphatic heterocycles. The number of aliphatic carboxylic acids is 1. The lowest BCUT2D eigenvalue weighted by Crippen LogP contribution is -2.51. The van der Waals surface area contributed by atoms with Crippen LogP contribution in [0.2, 0.25) is 5.02 Å². The Morgan fingerprint density at radius 2 is 2.00 bits per heavy atom. The second-order valence-corrected chi connectivity index (χ2v) is 7.89. The molecule has 0 bridgehead atoms. The number of piperidine rings is 1. The number of carbonyl (C=O) groups excluding carboxylic acids is 1. The molecule has 1 aromatic carbocycles. The smallest absolute Gasteiger partial charge is 0.322 e. The zero-order valence-corrected chi connectivity index (χ0v) is 14.0. The van der Waals surface area contributed by atoms with Crippen molar-refractivity contribution >= 4 is 33.5 Å². The molecule has 0 radical (unpaired) electrons. The predicted molar refractivity (Wildman–Crippen MR) is 83.7 cm³/mol. The van der Waals surface area contributed by atoms with Gasteiger partial charge in [0, 0.05) is 17.1 Å². The number of hydrogen-bond acceptors (Lipinski definition) is 4. The van der Waals surface area contributed by atoms with E-state index in [9.17, 15) is 23.1 Å². The molecule has 1 aliphatic rings. The van der Waals surface area contributed by atoms with Gasteiger partial charge in [0.25, 0.3) is 0 Å². The van der Waals surface area contributed by atoms with Crippen molar-refractivity contribution in [1.82, 2.24) is 4.31 Å². The lowest BCUT2D eigenvalue weighted by atomic mass is 9.93. The van der Waals surface area contributed by atoms with E-state index in [1.54, 1.807) is 6.92 Å². The van der Waals surface area contributed by atoms with Crippen LogP contribution in [0.4, 0.5) is 0 Å². The Labute approximate surface area is 139 Å². The van der Waals surface area contributed by atoms with Gasteiger partial charge in [0.1, 0.15) is 6.04 Å². The van der Waals surface area contributed by atoms with E-state index in [2.05, 4.69) is 0 Å². The minimum atomic E-state index is -4.11. The van der Waals surface area contributed by atoms with E-state index in [0.717, 1.165) is 10.4 Å². The number of carbonyl (C=O) groups is 2. The molecular weight excluding hydrogens is 344 g/mol. The highest BCUT2D eigenvalue weighted by atomic mass is 35.5. The molecule has 1 fully saturated rings. The molecule has 0 aliphatic carbocycles. The summed E-state index contributed by atoms with van der Waals surface area (Å²) in [7, 11) is -4.11. The van der Waals surface area contributed by atoms with Gasteiger partial charge in [-0.3, -0.25) is 9.59 Å². The fourth-order valence-corrected chi connectivity index (χ4v) is 4.86. The Hall–Kier alpha value is -1.64. The summed E-state index contributed by atoms with van der Waals surface area (Å²) in [5, 5.41) is 9.42. The normalized spacial score (nSPS) is 22.7. The van der Waals surface area contributed by atoms with Gasteiger partial charge in [0.2, 0.25) is 15.9 Å². The van der Waals surface area contributed by atoms with Crippen molar-refractivity contribution in [3.8, 4) is 0 Å². The molecule has 0 spiro atoms. The number of hydrogen-bond donors (Lipinski definition) is 2. The van der Waals surface area contributed by atoms with Crippen LogP contribution < -0.4 is 5.73 Å². The summed E-state index contributed by atoms with van der Waals surface area (Å²) in [6.07, 6.45) is 1.19. The first-order chi connectivity index (χ1) is 10.6. The molecule has 1 aromatic rings. The maximum atomic E-state index is 12.8. The molecule has 0 aromatic heterocycles. The monoisotopic (exact) mass is 360 g/mol. The van der Waals surface area contributed by atoms with Crippen LogP contribution in [0.25, 0.3) is 0 Å². The van der Waals surface area contributed by atoms with Crippen LogP contribution in [-0.4, -0.2) is 42.3 Å². The number of amides is 1. The Kier molecular flexibility index (Phi) is 4.98. The van der Waals surface area contributed by atoms with Gasteiger partial charge in [-0.05, 0) is 37.0 Å². The Morgan fingerprint density at radius 1 is 1.35 bits per heavy atom. The maximum absolute atomic E-state index is 12.8. The van der Waals surface area contributed by atoms with Crippen LogP contribution in [0, 0.1) is 5.92 Å². The lowest BCUT2D eigenvalue weighted by molar-refractivity contribution is -0.144. The molecular formula is C14H17ClN2O5S. The first kappa shape index (κ1) is 17.7. The molecule has 9 heteroatoms. The van der Waals surface area contributed by atoms with Crippen molar-refractivity contribution < 1.29 is 23.1 Å². The average Bonchev–Trinajstić information content (AvgIpc) is 2.45. The fourth-order valence-electron chi connectivity index (χ4n) is 2.78. The van der Waals surface area contributed by atoms with Gasteiger partial charge in [-0.2, -0.15) is 4.31 Å². The molecule has 3 N–H and O–H groups in total. The van der Waals surface area contributed by atoms with E-state index >= 15 is 0 Å². The van der Waals surface area contributed by atoms with Gasteiger partial charge in [-0.15, -0.1) is 0 Å². The fraction of sp³-hybridized carbons (Fsp3) is 0.429. The van der Waals surface area contributed by atoms with E-state index in [4.69, 9.17) is 17.3 Å². The molecule has 1 saturated heterocycles. The summed E-state index contributed by atoms with van der Waals surface area (Å²) in [5.74, 6) is -2.32. The predicted octanol–water partition coefficient (Wildman–Crippen LogP) is 1.31. The van der Waals surface area contributed by atoms with Crippen LogP contribution in [-0.2, 0) is 14.8 Å². The molecule has 2 atom stereocenters. The SMILES string of the molecule is CC1CCCN(S(=O)(=O)c2cc(Cl)cc(C(N)=O)c2)C1C(=O)O. The van der Waals surface area contributed by atoms with Crippen LogP contribution >= 0.6 is 11.6 Å². The summed E-state index contributed by atoms with van der Waals surface area (Å²) in [6.45, 7) is 1.80. The van der Waals surface area contributed by atoms with Gasteiger partial charge in [-0.25, -0.2) is 8.42 Å². The first-order valence-electron chi connectivity index (χ1n) is 6.99. The lowest BCUT2D eigenvalue weighted by Gasteiger charge is -2.36. The molecule has 7 nitrogen and oxygen atoms in total.